The van der Waals surface area contributed by atoms with E-state index in [9.17, 15) is 9.59 Å². The highest BCUT2D eigenvalue weighted by Crippen LogP contribution is 2.27. The first-order valence-corrected chi connectivity index (χ1v) is 6.52. The summed E-state index contributed by atoms with van der Waals surface area (Å²) in [4.78, 5) is 22.9. The van der Waals surface area contributed by atoms with Crippen molar-refractivity contribution in [2.24, 2.45) is 0 Å². The predicted octanol–water partition coefficient (Wildman–Crippen LogP) is 1.60. The van der Waals surface area contributed by atoms with Crippen LogP contribution in [0.15, 0.2) is 11.1 Å². The van der Waals surface area contributed by atoms with Crippen molar-refractivity contribution in [3.63, 3.8) is 0 Å². The number of aliphatic carboxylic acids is 1. The van der Waals surface area contributed by atoms with Crippen molar-refractivity contribution in [2.45, 2.75) is 32.6 Å². The zero-order valence-corrected chi connectivity index (χ0v) is 10.7. The first-order valence-electron chi connectivity index (χ1n) is 5.71. The molecular weight excluding hydrogens is 254 g/mol. The zero-order chi connectivity index (χ0) is 13.1. The summed E-state index contributed by atoms with van der Waals surface area (Å²) in [6, 6.07) is 0. The number of rotatable bonds is 4. The second kappa shape index (κ2) is 5.26. The van der Waals surface area contributed by atoms with Crippen LogP contribution in [0.1, 0.15) is 31.2 Å². The second-order valence-corrected chi connectivity index (χ2v) is 4.99. The zero-order valence-electron chi connectivity index (χ0n) is 9.89. The Balaban J connectivity index is 2.12. The van der Waals surface area contributed by atoms with Crippen LogP contribution in [0, 0.1) is 0 Å². The summed E-state index contributed by atoms with van der Waals surface area (Å²) in [5, 5.41) is 20.6. The largest absolute Gasteiger partial charge is 0.478 e. The predicted molar refractivity (Wildman–Crippen MR) is 66.4 cm³/mol. The number of hydrogen-bond donors (Lipinski definition) is 2. The van der Waals surface area contributed by atoms with E-state index in [4.69, 9.17) is 5.11 Å². The lowest BCUT2D eigenvalue weighted by Crippen LogP contribution is -2.16. The maximum absolute atomic E-state index is 11.9. The molecule has 6 nitrogen and oxygen atoms in total. The lowest BCUT2D eigenvalue weighted by atomic mass is 10.1. The van der Waals surface area contributed by atoms with E-state index in [1.54, 1.807) is 0 Å². The molecule has 0 radical (unpaired) electrons. The lowest BCUT2D eigenvalue weighted by Gasteiger charge is -2.03. The van der Waals surface area contributed by atoms with E-state index >= 15 is 0 Å². The summed E-state index contributed by atoms with van der Waals surface area (Å²) in [7, 11) is 0. The number of carboxylic acids is 1. The van der Waals surface area contributed by atoms with Crippen molar-refractivity contribution in [1.29, 1.82) is 0 Å². The molecule has 7 heteroatoms. The number of carboxylic acid groups (broad SMARTS) is 1. The van der Waals surface area contributed by atoms with Gasteiger partial charge in [-0.1, -0.05) is 18.3 Å². The summed E-state index contributed by atoms with van der Waals surface area (Å²) < 4.78 is 0. The highest BCUT2D eigenvalue weighted by Gasteiger charge is 2.25. The third kappa shape index (κ3) is 2.56. The van der Waals surface area contributed by atoms with Crippen molar-refractivity contribution in [1.82, 2.24) is 10.2 Å². The number of aryl methyl sites for hydroxylation is 1. The molecule has 0 fully saturated rings. The van der Waals surface area contributed by atoms with Gasteiger partial charge in [0.2, 0.25) is 5.13 Å². The molecule has 1 amide bonds. The van der Waals surface area contributed by atoms with Gasteiger partial charge in [-0.25, -0.2) is 4.79 Å². The number of aromatic nitrogens is 2. The van der Waals surface area contributed by atoms with Crippen molar-refractivity contribution < 1.29 is 14.7 Å². The van der Waals surface area contributed by atoms with E-state index in [-0.39, 0.29) is 11.5 Å². The van der Waals surface area contributed by atoms with Gasteiger partial charge in [0.15, 0.2) is 0 Å². The minimum absolute atomic E-state index is 0.215. The Morgan fingerprint density at radius 3 is 2.67 bits per heavy atom. The molecule has 96 valence electrons. The molecular formula is C11H13N3O3S. The number of amides is 1. The highest BCUT2D eigenvalue weighted by molar-refractivity contribution is 7.15. The standard InChI is InChI=1S/C11H13N3O3S/c1-2-8-13-14-11(18-8)12-9(15)6-4-3-5-7(6)10(16)17/h2-5H2,1H3,(H,16,17)(H,12,14,15). The maximum Gasteiger partial charge on any atom is 0.332 e. The third-order valence-corrected chi connectivity index (χ3v) is 3.72. The van der Waals surface area contributed by atoms with Crippen molar-refractivity contribution in [3.05, 3.63) is 16.2 Å². The Morgan fingerprint density at radius 2 is 2.06 bits per heavy atom. The maximum atomic E-state index is 11.9. The van der Waals surface area contributed by atoms with Gasteiger partial charge >= 0.3 is 5.97 Å². The number of carbonyl (C=O) groups is 2. The molecule has 1 heterocycles. The average Bonchev–Trinajstić information content (AvgIpc) is 2.96. The molecule has 0 atom stereocenters. The molecule has 1 aliphatic rings. The molecule has 0 bridgehead atoms. The SMILES string of the molecule is CCc1nnc(NC(=O)C2=C(C(=O)O)CCC2)s1. The van der Waals surface area contributed by atoms with Crippen LogP contribution < -0.4 is 5.32 Å². The minimum atomic E-state index is -1.01. The first-order chi connectivity index (χ1) is 8.61. The van der Waals surface area contributed by atoms with Crippen molar-refractivity contribution in [2.75, 3.05) is 5.32 Å². The topological polar surface area (TPSA) is 92.2 Å². The first kappa shape index (κ1) is 12.7. The lowest BCUT2D eigenvalue weighted by molar-refractivity contribution is -0.133. The number of carbonyl (C=O) groups excluding carboxylic acids is 1. The quantitative estimate of drug-likeness (QED) is 0.864. The van der Waals surface area contributed by atoms with Crippen LogP contribution in [0.2, 0.25) is 0 Å². The Morgan fingerprint density at radius 1 is 1.33 bits per heavy atom. The van der Waals surface area contributed by atoms with Gasteiger partial charge in [-0.05, 0) is 25.7 Å². The molecule has 1 aliphatic carbocycles. The van der Waals surface area contributed by atoms with Crippen LogP contribution in [-0.4, -0.2) is 27.2 Å². The van der Waals surface area contributed by atoms with Crippen LogP contribution in [0.5, 0.6) is 0 Å². The fourth-order valence-electron chi connectivity index (χ4n) is 1.85. The molecule has 0 aliphatic heterocycles. The summed E-state index contributed by atoms with van der Waals surface area (Å²) in [5.74, 6) is -1.38. The fraction of sp³-hybridized carbons (Fsp3) is 0.455. The van der Waals surface area contributed by atoms with Crippen LogP contribution in [-0.2, 0) is 16.0 Å². The summed E-state index contributed by atoms with van der Waals surface area (Å²) in [6.45, 7) is 1.95. The number of anilines is 1. The molecule has 0 saturated carbocycles. The molecule has 0 saturated heterocycles. The van der Waals surface area contributed by atoms with Gasteiger partial charge in [-0.3, -0.25) is 10.1 Å². The van der Waals surface area contributed by atoms with Crippen molar-refractivity contribution >= 4 is 28.3 Å². The Labute approximate surface area is 108 Å². The van der Waals surface area contributed by atoms with E-state index in [1.807, 2.05) is 6.92 Å². The van der Waals surface area contributed by atoms with Gasteiger partial charge < -0.3 is 5.11 Å². The second-order valence-electron chi connectivity index (χ2n) is 3.92. The van der Waals surface area contributed by atoms with Gasteiger partial charge in [0.1, 0.15) is 5.01 Å². The smallest absolute Gasteiger partial charge is 0.332 e. The molecule has 18 heavy (non-hydrogen) atoms. The summed E-state index contributed by atoms with van der Waals surface area (Å²) >= 11 is 1.31. The van der Waals surface area contributed by atoms with E-state index in [0.29, 0.717) is 30.0 Å². The van der Waals surface area contributed by atoms with E-state index < -0.39 is 5.97 Å². The molecule has 1 aromatic rings. The van der Waals surface area contributed by atoms with E-state index in [2.05, 4.69) is 15.5 Å². The van der Waals surface area contributed by atoms with Gasteiger partial charge in [0.25, 0.3) is 5.91 Å². The molecule has 2 rings (SSSR count). The van der Waals surface area contributed by atoms with Gasteiger partial charge in [0, 0.05) is 11.1 Å². The number of nitrogens with zero attached hydrogens (tertiary/aromatic N) is 2. The van der Waals surface area contributed by atoms with Crippen molar-refractivity contribution in [3.8, 4) is 0 Å². The molecule has 2 N–H and O–H groups in total. The Kier molecular flexibility index (Phi) is 3.71. The Hall–Kier alpha value is -1.76. The molecule has 0 spiro atoms. The summed E-state index contributed by atoms with van der Waals surface area (Å²) in [6.07, 6.45) is 2.43. The number of nitrogens with one attached hydrogen (secondary N) is 1. The molecule has 0 aromatic carbocycles. The molecule has 1 aromatic heterocycles. The van der Waals surface area contributed by atoms with Crippen LogP contribution in [0.4, 0.5) is 5.13 Å². The minimum Gasteiger partial charge on any atom is -0.478 e. The third-order valence-electron chi connectivity index (χ3n) is 2.74. The van der Waals surface area contributed by atoms with Gasteiger partial charge in [-0.2, -0.15) is 0 Å². The van der Waals surface area contributed by atoms with Crippen LogP contribution in [0.25, 0.3) is 0 Å². The van der Waals surface area contributed by atoms with Crippen LogP contribution >= 0.6 is 11.3 Å². The van der Waals surface area contributed by atoms with E-state index in [0.717, 1.165) is 11.4 Å². The van der Waals surface area contributed by atoms with E-state index in [1.165, 1.54) is 11.3 Å². The molecule has 0 unspecified atom stereocenters. The average molecular weight is 267 g/mol. The summed E-state index contributed by atoms with van der Waals surface area (Å²) in [5.41, 5.74) is 0.573. The highest BCUT2D eigenvalue weighted by atomic mass is 32.1. The fourth-order valence-corrected chi connectivity index (χ4v) is 2.52. The monoisotopic (exact) mass is 267 g/mol. The normalized spacial score (nSPS) is 14.9. The Bertz CT molecular complexity index is 521. The van der Waals surface area contributed by atoms with Gasteiger partial charge in [-0.15, -0.1) is 10.2 Å². The number of hydrogen-bond acceptors (Lipinski definition) is 5. The van der Waals surface area contributed by atoms with Gasteiger partial charge in [0.05, 0.1) is 0 Å². The van der Waals surface area contributed by atoms with Crippen LogP contribution in [0.3, 0.4) is 0 Å².